The topological polar surface area (TPSA) is 48.5 Å². The lowest BCUT2D eigenvalue weighted by Gasteiger charge is -2.36. The molecule has 2 rings (SSSR count). The smallest absolute Gasteiger partial charge is 0.317 e. The lowest BCUT2D eigenvalue weighted by atomic mass is 10.3. The highest BCUT2D eigenvalue weighted by molar-refractivity contribution is 6.33. The minimum Gasteiger partial charge on any atom is -0.367 e. The van der Waals surface area contributed by atoms with Crippen molar-refractivity contribution in [1.29, 1.82) is 0 Å². The fourth-order valence-corrected chi connectivity index (χ4v) is 2.28. The maximum atomic E-state index is 11.7. The first kappa shape index (κ1) is 13.0. The summed E-state index contributed by atoms with van der Waals surface area (Å²) in [6.45, 7) is 5.59. The summed E-state index contributed by atoms with van der Waals surface area (Å²) in [5.74, 6) is 0. The molecule has 0 radical (unpaired) electrons. The van der Waals surface area contributed by atoms with E-state index in [9.17, 15) is 4.79 Å². The Bertz CT molecular complexity index is 418. The number of rotatable bonds is 2. The first-order valence-electron chi connectivity index (χ1n) is 6.09. The van der Waals surface area contributed by atoms with Crippen molar-refractivity contribution >= 4 is 23.3 Å². The van der Waals surface area contributed by atoms with E-state index in [1.165, 1.54) is 0 Å². The van der Waals surface area contributed by atoms with Crippen LogP contribution in [0.15, 0.2) is 18.5 Å². The van der Waals surface area contributed by atoms with E-state index in [0.717, 1.165) is 18.8 Å². The largest absolute Gasteiger partial charge is 0.367 e. The Morgan fingerprint density at radius 2 is 2.17 bits per heavy atom. The number of piperazine rings is 1. The summed E-state index contributed by atoms with van der Waals surface area (Å²) in [5, 5.41) is 3.47. The lowest BCUT2D eigenvalue weighted by molar-refractivity contribution is 0.195. The Balaban J connectivity index is 1.95. The van der Waals surface area contributed by atoms with Crippen LogP contribution in [0.5, 0.6) is 0 Å². The minimum atomic E-state index is 0.0120. The minimum absolute atomic E-state index is 0.0120. The standard InChI is InChI=1S/C12H17ClN4O/c1-2-15-12(18)17-7-5-16(6-8-17)11-3-4-14-9-10(11)13/h3-4,9H,2,5-8H2,1H3,(H,15,18). The van der Waals surface area contributed by atoms with Gasteiger partial charge in [-0.15, -0.1) is 0 Å². The number of halogens is 1. The van der Waals surface area contributed by atoms with Crippen molar-refractivity contribution in [1.82, 2.24) is 15.2 Å². The van der Waals surface area contributed by atoms with Crippen molar-refractivity contribution in [2.24, 2.45) is 0 Å². The molecule has 1 N–H and O–H groups in total. The number of nitrogens with one attached hydrogen (secondary N) is 1. The van der Waals surface area contributed by atoms with Gasteiger partial charge in [0, 0.05) is 45.1 Å². The predicted octanol–water partition coefficient (Wildman–Crippen LogP) is 1.59. The second kappa shape index (κ2) is 5.91. The molecule has 0 atom stereocenters. The zero-order valence-electron chi connectivity index (χ0n) is 10.4. The van der Waals surface area contributed by atoms with Crippen LogP contribution in [-0.2, 0) is 0 Å². The first-order valence-corrected chi connectivity index (χ1v) is 6.47. The van der Waals surface area contributed by atoms with Crippen LogP contribution in [0.1, 0.15) is 6.92 Å². The van der Waals surface area contributed by atoms with Crippen LogP contribution >= 0.6 is 11.6 Å². The fourth-order valence-electron chi connectivity index (χ4n) is 2.04. The van der Waals surface area contributed by atoms with Gasteiger partial charge in [-0.3, -0.25) is 4.98 Å². The number of carbonyl (C=O) groups is 1. The average molecular weight is 269 g/mol. The Kier molecular flexibility index (Phi) is 4.25. The van der Waals surface area contributed by atoms with Crippen molar-refractivity contribution in [2.75, 3.05) is 37.6 Å². The van der Waals surface area contributed by atoms with Gasteiger partial charge in [0.05, 0.1) is 10.7 Å². The molecule has 0 unspecified atom stereocenters. The van der Waals surface area contributed by atoms with E-state index >= 15 is 0 Å². The van der Waals surface area contributed by atoms with Gasteiger partial charge < -0.3 is 15.1 Å². The van der Waals surface area contributed by atoms with Crippen LogP contribution in [0.25, 0.3) is 0 Å². The number of urea groups is 1. The van der Waals surface area contributed by atoms with Crippen molar-refractivity contribution in [3.63, 3.8) is 0 Å². The van der Waals surface area contributed by atoms with Gasteiger partial charge in [-0.2, -0.15) is 0 Å². The molecule has 1 saturated heterocycles. The van der Waals surface area contributed by atoms with E-state index in [1.807, 2.05) is 17.9 Å². The molecule has 18 heavy (non-hydrogen) atoms. The molecule has 1 aromatic rings. The van der Waals surface area contributed by atoms with Crippen molar-refractivity contribution in [3.8, 4) is 0 Å². The third-order valence-electron chi connectivity index (χ3n) is 2.99. The summed E-state index contributed by atoms with van der Waals surface area (Å²) in [7, 11) is 0. The molecular weight excluding hydrogens is 252 g/mol. The van der Waals surface area contributed by atoms with Gasteiger partial charge in [0.2, 0.25) is 0 Å². The molecule has 1 fully saturated rings. The van der Waals surface area contributed by atoms with E-state index in [2.05, 4.69) is 15.2 Å². The Labute approximate surface area is 112 Å². The summed E-state index contributed by atoms with van der Waals surface area (Å²) >= 11 is 6.11. The van der Waals surface area contributed by atoms with Crippen molar-refractivity contribution in [3.05, 3.63) is 23.5 Å². The van der Waals surface area contributed by atoms with Gasteiger partial charge in [-0.25, -0.2) is 4.79 Å². The molecule has 0 bridgehead atoms. The lowest BCUT2D eigenvalue weighted by Crippen LogP contribution is -2.51. The van der Waals surface area contributed by atoms with Gasteiger partial charge in [0.25, 0.3) is 0 Å². The molecule has 1 aromatic heterocycles. The summed E-state index contributed by atoms with van der Waals surface area (Å²) in [5.41, 5.74) is 0.988. The van der Waals surface area contributed by atoms with E-state index in [1.54, 1.807) is 12.4 Å². The zero-order chi connectivity index (χ0) is 13.0. The van der Waals surface area contributed by atoms with Gasteiger partial charge in [0.1, 0.15) is 0 Å². The number of nitrogens with zero attached hydrogens (tertiary/aromatic N) is 3. The van der Waals surface area contributed by atoms with Gasteiger partial charge in [0.15, 0.2) is 0 Å². The van der Waals surface area contributed by atoms with Crippen molar-refractivity contribution < 1.29 is 4.79 Å². The number of amides is 2. The highest BCUT2D eigenvalue weighted by Crippen LogP contribution is 2.24. The Hall–Kier alpha value is -1.49. The summed E-state index contributed by atoms with van der Waals surface area (Å²) in [6.07, 6.45) is 3.38. The van der Waals surface area contributed by atoms with Crippen molar-refractivity contribution in [2.45, 2.75) is 6.92 Å². The molecule has 2 amide bonds. The Morgan fingerprint density at radius 1 is 1.44 bits per heavy atom. The molecule has 5 nitrogen and oxygen atoms in total. The van der Waals surface area contributed by atoms with E-state index in [-0.39, 0.29) is 6.03 Å². The van der Waals surface area contributed by atoms with Gasteiger partial charge >= 0.3 is 6.03 Å². The third-order valence-corrected chi connectivity index (χ3v) is 3.28. The number of anilines is 1. The van der Waals surface area contributed by atoms with Crippen LogP contribution in [0.3, 0.4) is 0 Å². The zero-order valence-corrected chi connectivity index (χ0v) is 11.2. The van der Waals surface area contributed by atoms with Crippen LogP contribution in [0.2, 0.25) is 5.02 Å². The number of hydrogen-bond acceptors (Lipinski definition) is 3. The molecule has 2 heterocycles. The second-order valence-electron chi connectivity index (χ2n) is 4.14. The Morgan fingerprint density at radius 3 is 2.78 bits per heavy atom. The maximum Gasteiger partial charge on any atom is 0.317 e. The molecule has 98 valence electrons. The molecule has 0 aromatic carbocycles. The number of aromatic nitrogens is 1. The monoisotopic (exact) mass is 268 g/mol. The SMILES string of the molecule is CCNC(=O)N1CCN(c2ccncc2Cl)CC1. The summed E-state index contributed by atoms with van der Waals surface area (Å²) in [6, 6.07) is 1.92. The van der Waals surface area contributed by atoms with Gasteiger partial charge in [-0.1, -0.05) is 11.6 Å². The fraction of sp³-hybridized carbons (Fsp3) is 0.500. The van der Waals surface area contributed by atoms with E-state index in [4.69, 9.17) is 11.6 Å². The van der Waals surface area contributed by atoms with Crippen LogP contribution < -0.4 is 10.2 Å². The number of pyridine rings is 1. The number of carbonyl (C=O) groups excluding carboxylic acids is 1. The highest BCUT2D eigenvalue weighted by Gasteiger charge is 2.21. The van der Waals surface area contributed by atoms with E-state index < -0.39 is 0 Å². The van der Waals surface area contributed by atoms with E-state index in [0.29, 0.717) is 24.7 Å². The third kappa shape index (κ3) is 2.85. The molecule has 1 aliphatic heterocycles. The first-order chi connectivity index (χ1) is 8.72. The quantitative estimate of drug-likeness (QED) is 0.886. The highest BCUT2D eigenvalue weighted by atomic mass is 35.5. The maximum absolute atomic E-state index is 11.7. The molecular formula is C12H17ClN4O. The average Bonchev–Trinajstić information content (AvgIpc) is 2.40. The molecule has 0 spiro atoms. The second-order valence-corrected chi connectivity index (χ2v) is 4.54. The predicted molar refractivity (Wildman–Crippen MR) is 72.1 cm³/mol. The van der Waals surface area contributed by atoms with Crippen LogP contribution in [0.4, 0.5) is 10.5 Å². The normalized spacial score (nSPS) is 15.7. The van der Waals surface area contributed by atoms with Gasteiger partial charge in [-0.05, 0) is 13.0 Å². The summed E-state index contributed by atoms with van der Waals surface area (Å²) in [4.78, 5) is 19.7. The van der Waals surface area contributed by atoms with Crippen LogP contribution in [0, 0.1) is 0 Å². The molecule has 0 aliphatic carbocycles. The molecule has 6 heteroatoms. The summed E-state index contributed by atoms with van der Waals surface area (Å²) < 4.78 is 0. The molecule has 1 aliphatic rings. The molecule has 0 saturated carbocycles. The van der Waals surface area contributed by atoms with Crippen LogP contribution in [-0.4, -0.2) is 48.6 Å². The number of hydrogen-bond donors (Lipinski definition) is 1.